The number of nitrogens with one attached hydrogen (secondary N) is 1. The molecule has 8 heteroatoms. The molecule has 1 fully saturated rings. The van der Waals surface area contributed by atoms with E-state index in [0.717, 1.165) is 18.2 Å². The van der Waals surface area contributed by atoms with Gasteiger partial charge in [0.05, 0.1) is 11.4 Å². The summed E-state index contributed by atoms with van der Waals surface area (Å²) in [6, 6.07) is -0.00806. The maximum atomic E-state index is 11.8. The number of H-pyrrole nitrogens is 1. The molecule has 0 saturated carbocycles. The molecular weight excluding hydrogens is 270 g/mol. The van der Waals surface area contributed by atoms with Crippen LogP contribution in [-0.2, 0) is 9.53 Å². The second kappa shape index (κ2) is 5.38. The normalized spacial score (nSPS) is 22.3. The molecule has 1 unspecified atom stereocenters. The predicted octanol–water partition coefficient (Wildman–Crippen LogP) is 0.878. The van der Waals surface area contributed by atoms with Gasteiger partial charge in [-0.25, -0.2) is 9.89 Å². The minimum Gasteiger partial charge on any atom is -0.481 e. The van der Waals surface area contributed by atoms with Crippen LogP contribution in [0.25, 0.3) is 0 Å². The quantitative estimate of drug-likeness (QED) is 0.798. The number of nitrogens with zero attached hydrogens (tertiary/aromatic N) is 2. The summed E-state index contributed by atoms with van der Waals surface area (Å²) in [5, 5.41) is 15.4. The molecule has 106 valence electrons. The molecule has 0 bridgehead atoms. The molecule has 0 aromatic carbocycles. The van der Waals surface area contributed by atoms with Gasteiger partial charge in [-0.2, -0.15) is 0 Å². The summed E-state index contributed by atoms with van der Waals surface area (Å²) < 4.78 is 7.18. The zero-order chi connectivity index (χ0) is 14.0. The van der Waals surface area contributed by atoms with E-state index in [2.05, 4.69) is 10.2 Å². The van der Waals surface area contributed by atoms with Gasteiger partial charge >= 0.3 is 11.7 Å². The van der Waals surface area contributed by atoms with Crippen molar-refractivity contribution in [3.63, 3.8) is 0 Å². The van der Waals surface area contributed by atoms with E-state index >= 15 is 0 Å². The molecular formula is C11H17N3O4S. The van der Waals surface area contributed by atoms with Gasteiger partial charge in [-0.3, -0.25) is 9.36 Å². The average Bonchev–Trinajstić information content (AvgIpc) is 2.66. The van der Waals surface area contributed by atoms with Gasteiger partial charge in [-0.1, -0.05) is 11.8 Å². The maximum absolute atomic E-state index is 11.8. The molecule has 0 radical (unpaired) electrons. The van der Waals surface area contributed by atoms with Gasteiger partial charge in [0.15, 0.2) is 5.16 Å². The summed E-state index contributed by atoms with van der Waals surface area (Å²) >= 11 is 1.05. The zero-order valence-corrected chi connectivity index (χ0v) is 11.7. The molecule has 1 atom stereocenters. The summed E-state index contributed by atoms with van der Waals surface area (Å²) in [6.07, 6.45) is 1.43. The highest BCUT2D eigenvalue weighted by atomic mass is 32.2. The number of hydrogen-bond donors (Lipinski definition) is 2. The first-order chi connectivity index (χ1) is 8.89. The Hall–Kier alpha value is -1.28. The fourth-order valence-corrected chi connectivity index (χ4v) is 2.99. The summed E-state index contributed by atoms with van der Waals surface area (Å²) in [6.45, 7) is 4.54. The van der Waals surface area contributed by atoms with E-state index in [1.165, 1.54) is 0 Å². The van der Waals surface area contributed by atoms with Crippen molar-refractivity contribution >= 4 is 17.7 Å². The van der Waals surface area contributed by atoms with Gasteiger partial charge in [0.1, 0.15) is 0 Å². The number of thioether (sulfide) groups is 1. The van der Waals surface area contributed by atoms with E-state index in [9.17, 15) is 9.59 Å². The van der Waals surface area contributed by atoms with Crippen molar-refractivity contribution in [3.8, 4) is 0 Å². The molecule has 0 spiro atoms. The van der Waals surface area contributed by atoms with Gasteiger partial charge < -0.3 is 9.84 Å². The van der Waals surface area contributed by atoms with Gasteiger partial charge in [0.25, 0.3) is 0 Å². The molecule has 0 amide bonds. The molecule has 1 aliphatic heterocycles. The van der Waals surface area contributed by atoms with Crippen LogP contribution in [0, 0.1) is 0 Å². The molecule has 0 aliphatic carbocycles. The molecule has 2 rings (SSSR count). The molecule has 1 aromatic rings. The minimum atomic E-state index is -0.931. The number of carboxylic acids is 1. The maximum Gasteiger partial charge on any atom is 0.344 e. The summed E-state index contributed by atoms with van der Waals surface area (Å²) in [4.78, 5) is 22.4. The van der Waals surface area contributed by atoms with E-state index < -0.39 is 5.97 Å². The van der Waals surface area contributed by atoms with Crippen LogP contribution in [0.15, 0.2) is 9.95 Å². The van der Waals surface area contributed by atoms with E-state index in [1.807, 2.05) is 13.8 Å². The van der Waals surface area contributed by atoms with Crippen molar-refractivity contribution in [2.75, 3.05) is 12.4 Å². The van der Waals surface area contributed by atoms with Gasteiger partial charge in [0.2, 0.25) is 0 Å². The topological polar surface area (TPSA) is 97.2 Å². The lowest BCUT2D eigenvalue weighted by atomic mass is 9.94. The summed E-state index contributed by atoms with van der Waals surface area (Å²) in [5.41, 5.74) is -0.579. The molecule has 1 aliphatic rings. The van der Waals surface area contributed by atoms with Crippen LogP contribution in [0.3, 0.4) is 0 Å². The summed E-state index contributed by atoms with van der Waals surface area (Å²) in [7, 11) is 0. The van der Waals surface area contributed by atoms with Crippen LogP contribution in [0.2, 0.25) is 0 Å². The van der Waals surface area contributed by atoms with Crippen molar-refractivity contribution in [2.24, 2.45) is 0 Å². The Morgan fingerprint density at radius 3 is 3.05 bits per heavy atom. The Morgan fingerprint density at radius 2 is 2.42 bits per heavy atom. The number of hydrogen-bond acceptors (Lipinski definition) is 5. The fourth-order valence-electron chi connectivity index (χ4n) is 2.26. The molecule has 2 heterocycles. The second-order valence-corrected chi connectivity index (χ2v) is 6.06. The Morgan fingerprint density at radius 1 is 1.68 bits per heavy atom. The summed E-state index contributed by atoms with van der Waals surface area (Å²) in [5.74, 6) is -1.05. The highest BCUT2D eigenvalue weighted by Gasteiger charge is 2.32. The number of aromatic amines is 1. The van der Waals surface area contributed by atoms with Crippen molar-refractivity contribution in [2.45, 2.75) is 43.5 Å². The number of carbonyl (C=O) groups is 1. The highest BCUT2D eigenvalue weighted by molar-refractivity contribution is 7.99. The van der Waals surface area contributed by atoms with Crippen LogP contribution in [0.4, 0.5) is 0 Å². The third-order valence-corrected chi connectivity index (χ3v) is 3.97. The van der Waals surface area contributed by atoms with Crippen LogP contribution >= 0.6 is 11.8 Å². The number of rotatable bonds is 4. The molecule has 19 heavy (non-hydrogen) atoms. The standard InChI is InChI=1S/C11H17N3O4S/c1-11(2)5-7(3-4-18-11)14-9(17)12-13-10(14)19-6-8(15)16/h7H,3-6H2,1-2H3,(H,12,17)(H,15,16). The van der Waals surface area contributed by atoms with Crippen molar-refractivity contribution in [3.05, 3.63) is 10.5 Å². The number of aliphatic carboxylic acids is 1. The Balaban J connectivity index is 2.21. The monoisotopic (exact) mass is 287 g/mol. The van der Waals surface area contributed by atoms with Crippen molar-refractivity contribution in [1.82, 2.24) is 14.8 Å². The smallest absolute Gasteiger partial charge is 0.344 e. The van der Waals surface area contributed by atoms with Gasteiger partial charge in [-0.15, -0.1) is 5.10 Å². The van der Waals surface area contributed by atoms with Crippen LogP contribution in [0.1, 0.15) is 32.7 Å². The van der Waals surface area contributed by atoms with Crippen LogP contribution < -0.4 is 5.69 Å². The SMILES string of the molecule is CC1(C)CC(n2c(SCC(=O)O)n[nH]c2=O)CCO1. The first-order valence-electron chi connectivity index (χ1n) is 6.04. The van der Waals surface area contributed by atoms with E-state index in [0.29, 0.717) is 18.2 Å². The molecule has 1 aromatic heterocycles. The van der Waals surface area contributed by atoms with Gasteiger partial charge in [0, 0.05) is 12.6 Å². The largest absolute Gasteiger partial charge is 0.481 e. The average molecular weight is 287 g/mol. The van der Waals surface area contributed by atoms with E-state index in [-0.39, 0.29) is 23.1 Å². The lowest BCUT2D eigenvalue weighted by Gasteiger charge is -2.35. The number of aromatic nitrogens is 3. The van der Waals surface area contributed by atoms with Crippen molar-refractivity contribution in [1.29, 1.82) is 0 Å². The molecule has 2 N–H and O–H groups in total. The molecule has 7 nitrogen and oxygen atoms in total. The lowest BCUT2D eigenvalue weighted by molar-refractivity contribution is -0.133. The molecule has 1 saturated heterocycles. The predicted molar refractivity (Wildman–Crippen MR) is 69.5 cm³/mol. The van der Waals surface area contributed by atoms with E-state index in [4.69, 9.17) is 9.84 Å². The Labute approximate surface area is 114 Å². The first kappa shape index (κ1) is 14.1. The third-order valence-electron chi connectivity index (χ3n) is 3.03. The van der Waals surface area contributed by atoms with Gasteiger partial charge in [-0.05, 0) is 26.7 Å². The Bertz CT molecular complexity index is 522. The van der Waals surface area contributed by atoms with Crippen LogP contribution in [0.5, 0.6) is 0 Å². The van der Waals surface area contributed by atoms with Crippen molar-refractivity contribution < 1.29 is 14.6 Å². The third kappa shape index (κ3) is 3.38. The fraction of sp³-hybridized carbons (Fsp3) is 0.727. The van der Waals surface area contributed by atoms with E-state index in [1.54, 1.807) is 4.57 Å². The van der Waals surface area contributed by atoms with Crippen LogP contribution in [-0.4, -0.2) is 43.8 Å². The minimum absolute atomic E-state index is 0.00806. The Kier molecular flexibility index (Phi) is 4.00. The lowest BCUT2D eigenvalue weighted by Crippen LogP contribution is -2.38. The highest BCUT2D eigenvalue weighted by Crippen LogP contribution is 2.32. The number of ether oxygens (including phenoxy) is 1. The number of carboxylic acid groups (broad SMARTS) is 1. The first-order valence-corrected chi connectivity index (χ1v) is 7.03. The second-order valence-electron chi connectivity index (χ2n) is 5.12. The zero-order valence-electron chi connectivity index (χ0n) is 10.9.